The van der Waals surface area contributed by atoms with E-state index in [0.29, 0.717) is 30.0 Å². The molecule has 0 amide bonds. The predicted octanol–water partition coefficient (Wildman–Crippen LogP) is 0.948. The lowest BCUT2D eigenvalue weighted by molar-refractivity contribution is 0.146. The number of H-pyrrole nitrogens is 1. The Bertz CT molecular complexity index is 536. The SMILES string of the molecule is COCCOc1ccc2[nH]c(=O)cnc2c1. The first kappa shape index (κ1) is 10.6. The second-order valence-corrected chi connectivity index (χ2v) is 3.27. The molecular weight excluding hydrogens is 208 g/mol. The number of benzene rings is 1. The molecule has 1 aromatic heterocycles. The van der Waals surface area contributed by atoms with E-state index < -0.39 is 0 Å². The Balaban J connectivity index is 2.23. The first-order chi connectivity index (χ1) is 7.79. The summed E-state index contributed by atoms with van der Waals surface area (Å²) >= 11 is 0. The third-order valence-corrected chi connectivity index (χ3v) is 2.10. The average Bonchev–Trinajstić information content (AvgIpc) is 2.29. The highest BCUT2D eigenvalue weighted by molar-refractivity contribution is 5.75. The van der Waals surface area contributed by atoms with Gasteiger partial charge in [0.15, 0.2) is 0 Å². The number of hydrogen-bond donors (Lipinski definition) is 1. The van der Waals surface area contributed by atoms with Crippen LogP contribution in [0.15, 0.2) is 29.2 Å². The monoisotopic (exact) mass is 220 g/mol. The van der Waals surface area contributed by atoms with Crippen molar-refractivity contribution in [3.63, 3.8) is 0 Å². The summed E-state index contributed by atoms with van der Waals surface area (Å²) in [5, 5.41) is 0. The van der Waals surface area contributed by atoms with Gasteiger partial charge in [0, 0.05) is 13.2 Å². The van der Waals surface area contributed by atoms with Gasteiger partial charge in [-0.3, -0.25) is 4.79 Å². The topological polar surface area (TPSA) is 64.2 Å². The number of methoxy groups -OCH3 is 1. The summed E-state index contributed by atoms with van der Waals surface area (Å²) in [5.74, 6) is 0.712. The molecule has 1 heterocycles. The van der Waals surface area contributed by atoms with Crippen molar-refractivity contribution < 1.29 is 9.47 Å². The molecule has 0 aliphatic carbocycles. The molecule has 0 spiro atoms. The van der Waals surface area contributed by atoms with Crippen LogP contribution >= 0.6 is 0 Å². The molecule has 5 heteroatoms. The standard InChI is InChI=1S/C11H12N2O3/c1-15-4-5-16-8-2-3-9-10(6-8)12-7-11(14)13-9/h2-3,6-7H,4-5H2,1H3,(H,13,14). The van der Waals surface area contributed by atoms with Crippen molar-refractivity contribution in [3.05, 3.63) is 34.7 Å². The van der Waals surface area contributed by atoms with Crippen LogP contribution in [-0.2, 0) is 4.74 Å². The highest BCUT2D eigenvalue weighted by atomic mass is 16.5. The molecule has 0 unspecified atom stereocenters. The molecular formula is C11H12N2O3. The highest BCUT2D eigenvalue weighted by Gasteiger charge is 1.99. The van der Waals surface area contributed by atoms with Gasteiger partial charge in [0.2, 0.25) is 0 Å². The zero-order valence-corrected chi connectivity index (χ0v) is 8.90. The van der Waals surface area contributed by atoms with Gasteiger partial charge >= 0.3 is 0 Å². The molecule has 0 bridgehead atoms. The Morgan fingerprint density at radius 3 is 3.06 bits per heavy atom. The van der Waals surface area contributed by atoms with Crippen LogP contribution in [0.4, 0.5) is 0 Å². The third kappa shape index (κ3) is 2.38. The number of hydrogen-bond acceptors (Lipinski definition) is 4. The van der Waals surface area contributed by atoms with Gasteiger partial charge in [0.05, 0.1) is 23.8 Å². The molecule has 2 aromatic rings. The van der Waals surface area contributed by atoms with Gasteiger partial charge in [-0.25, -0.2) is 4.98 Å². The summed E-state index contributed by atoms with van der Waals surface area (Å²) < 4.78 is 10.3. The van der Waals surface area contributed by atoms with E-state index in [4.69, 9.17) is 9.47 Å². The Morgan fingerprint density at radius 2 is 2.25 bits per heavy atom. The van der Waals surface area contributed by atoms with Crippen molar-refractivity contribution in [1.82, 2.24) is 9.97 Å². The molecule has 16 heavy (non-hydrogen) atoms. The van der Waals surface area contributed by atoms with Gasteiger partial charge in [0.25, 0.3) is 5.56 Å². The van der Waals surface area contributed by atoms with Crippen molar-refractivity contribution in [2.24, 2.45) is 0 Å². The van der Waals surface area contributed by atoms with Gasteiger partial charge in [-0.05, 0) is 12.1 Å². The lowest BCUT2D eigenvalue weighted by atomic mass is 10.3. The van der Waals surface area contributed by atoms with E-state index in [1.165, 1.54) is 6.20 Å². The molecule has 84 valence electrons. The number of fused-ring (bicyclic) bond motifs is 1. The van der Waals surface area contributed by atoms with E-state index in [2.05, 4.69) is 9.97 Å². The molecule has 0 saturated carbocycles. The van der Waals surface area contributed by atoms with E-state index >= 15 is 0 Å². The first-order valence-electron chi connectivity index (χ1n) is 4.90. The number of nitrogens with zero attached hydrogens (tertiary/aromatic N) is 1. The molecule has 5 nitrogen and oxygen atoms in total. The van der Waals surface area contributed by atoms with Crippen LogP contribution in [0.2, 0.25) is 0 Å². The van der Waals surface area contributed by atoms with Crippen LogP contribution in [0.5, 0.6) is 5.75 Å². The van der Waals surface area contributed by atoms with Crippen LogP contribution in [0.25, 0.3) is 11.0 Å². The minimum absolute atomic E-state index is 0.208. The summed E-state index contributed by atoms with van der Waals surface area (Å²) in [6.45, 7) is 1.03. The van der Waals surface area contributed by atoms with E-state index in [9.17, 15) is 4.79 Å². The summed E-state index contributed by atoms with van der Waals surface area (Å²) in [7, 11) is 1.62. The molecule has 0 aliphatic rings. The van der Waals surface area contributed by atoms with Gasteiger partial charge in [0.1, 0.15) is 12.4 Å². The van der Waals surface area contributed by atoms with E-state index in [0.717, 1.165) is 0 Å². The third-order valence-electron chi connectivity index (χ3n) is 2.10. The second kappa shape index (κ2) is 4.76. The summed E-state index contributed by atoms with van der Waals surface area (Å²) in [5.41, 5.74) is 1.20. The maximum Gasteiger partial charge on any atom is 0.266 e. The Morgan fingerprint density at radius 1 is 1.38 bits per heavy atom. The molecule has 0 atom stereocenters. The minimum Gasteiger partial charge on any atom is -0.491 e. The Labute approximate surface area is 92.0 Å². The highest BCUT2D eigenvalue weighted by Crippen LogP contribution is 2.16. The summed E-state index contributed by atoms with van der Waals surface area (Å²) in [6, 6.07) is 5.34. The molecule has 2 rings (SSSR count). The average molecular weight is 220 g/mol. The van der Waals surface area contributed by atoms with Gasteiger partial charge < -0.3 is 14.5 Å². The Hall–Kier alpha value is -1.88. The fourth-order valence-corrected chi connectivity index (χ4v) is 1.35. The predicted molar refractivity (Wildman–Crippen MR) is 59.7 cm³/mol. The van der Waals surface area contributed by atoms with Crippen molar-refractivity contribution in [2.75, 3.05) is 20.3 Å². The van der Waals surface area contributed by atoms with Crippen molar-refractivity contribution in [1.29, 1.82) is 0 Å². The van der Waals surface area contributed by atoms with Crippen LogP contribution in [0, 0.1) is 0 Å². The molecule has 0 saturated heterocycles. The zero-order chi connectivity index (χ0) is 11.4. The zero-order valence-electron chi connectivity index (χ0n) is 8.90. The summed E-state index contributed by atoms with van der Waals surface area (Å²) in [6.07, 6.45) is 1.25. The normalized spacial score (nSPS) is 10.6. The van der Waals surface area contributed by atoms with Crippen molar-refractivity contribution in [3.8, 4) is 5.75 Å². The van der Waals surface area contributed by atoms with Crippen LogP contribution in [-0.4, -0.2) is 30.3 Å². The number of aromatic nitrogens is 2. The fraction of sp³-hybridized carbons (Fsp3) is 0.273. The minimum atomic E-state index is -0.208. The molecule has 0 radical (unpaired) electrons. The van der Waals surface area contributed by atoms with Crippen molar-refractivity contribution >= 4 is 11.0 Å². The molecule has 1 N–H and O–H groups in total. The number of rotatable bonds is 4. The maximum atomic E-state index is 11.0. The van der Waals surface area contributed by atoms with Crippen LogP contribution in [0.1, 0.15) is 0 Å². The van der Waals surface area contributed by atoms with E-state index in [1.807, 2.05) is 0 Å². The lowest BCUT2D eigenvalue weighted by Crippen LogP contribution is -2.06. The molecule has 1 aromatic carbocycles. The number of aromatic amines is 1. The van der Waals surface area contributed by atoms with E-state index in [1.54, 1.807) is 25.3 Å². The lowest BCUT2D eigenvalue weighted by Gasteiger charge is -2.05. The quantitative estimate of drug-likeness (QED) is 0.779. The van der Waals surface area contributed by atoms with Gasteiger partial charge in [-0.2, -0.15) is 0 Å². The number of ether oxygens (including phenoxy) is 2. The van der Waals surface area contributed by atoms with Crippen LogP contribution in [0.3, 0.4) is 0 Å². The summed E-state index contributed by atoms with van der Waals surface area (Å²) in [4.78, 5) is 17.7. The first-order valence-corrected chi connectivity index (χ1v) is 4.90. The van der Waals surface area contributed by atoms with Gasteiger partial charge in [-0.15, -0.1) is 0 Å². The largest absolute Gasteiger partial charge is 0.491 e. The van der Waals surface area contributed by atoms with Crippen LogP contribution < -0.4 is 10.3 Å². The second-order valence-electron chi connectivity index (χ2n) is 3.27. The fourth-order valence-electron chi connectivity index (χ4n) is 1.35. The van der Waals surface area contributed by atoms with Crippen molar-refractivity contribution in [2.45, 2.75) is 0 Å². The number of nitrogens with one attached hydrogen (secondary N) is 1. The van der Waals surface area contributed by atoms with E-state index in [-0.39, 0.29) is 5.56 Å². The maximum absolute atomic E-state index is 11.0. The van der Waals surface area contributed by atoms with Gasteiger partial charge in [-0.1, -0.05) is 0 Å². The Kier molecular flexibility index (Phi) is 3.16. The molecule has 0 fully saturated rings. The smallest absolute Gasteiger partial charge is 0.266 e. The molecule has 0 aliphatic heterocycles.